The number of benzene rings is 2. The Morgan fingerprint density at radius 2 is 1.52 bits per heavy atom. The molecule has 4 rings (SSSR count). The van der Waals surface area contributed by atoms with Crippen LogP contribution >= 0.6 is 0 Å². The number of rotatable bonds is 11. The lowest BCUT2D eigenvalue weighted by atomic mass is 9.97. The number of anilines is 1. The number of methoxy groups -OCH3 is 3. The monoisotopic (exact) mass is 573 g/mol. The van der Waals surface area contributed by atoms with Gasteiger partial charge in [0.25, 0.3) is 0 Å². The summed E-state index contributed by atoms with van der Waals surface area (Å²) in [6.07, 6.45) is 4.52. The summed E-state index contributed by atoms with van der Waals surface area (Å²) < 4.78 is 45.6. The first-order valence-electron chi connectivity index (χ1n) is 14.2. The van der Waals surface area contributed by atoms with Gasteiger partial charge in [-0.15, -0.1) is 0 Å². The Morgan fingerprint density at radius 1 is 0.875 bits per heavy atom. The number of ether oxygens (including phenoxy) is 3. The molecule has 9 nitrogen and oxygen atoms in total. The minimum absolute atomic E-state index is 0.0743. The van der Waals surface area contributed by atoms with Crippen LogP contribution in [0.5, 0.6) is 17.2 Å². The average Bonchev–Trinajstić information content (AvgIpc) is 2.99. The summed E-state index contributed by atoms with van der Waals surface area (Å²) in [4.78, 5) is 17.4. The summed E-state index contributed by atoms with van der Waals surface area (Å²) in [5, 5.41) is 0. The molecule has 1 saturated heterocycles. The van der Waals surface area contributed by atoms with Crippen LogP contribution in [0.2, 0.25) is 0 Å². The highest BCUT2D eigenvalue weighted by Gasteiger charge is 2.32. The smallest absolute Gasteiger partial charge is 0.243 e. The Balaban J connectivity index is 1.51. The summed E-state index contributed by atoms with van der Waals surface area (Å²) in [5.41, 5.74) is 2.70. The molecule has 2 aliphatic heterocycles. The van der Waals surface area contributed by atoms with E-state index in [4.69, 9.17) is 14.2 Å². The number of carbonyl (C=O) groups is 1. The lowest BCUT2D eigenvalue weighted by Gasteiger charge is -2.38. The number of hydrogen-bond acceptors (Lipinski definition) is 7. The summed E-state index contributed by atoms with van der Waals surface area (Å²) >= 11 is 0. The molecule has 40 heavy (non-hydrogen) atoms. The normalized spacial score (nSPS) is 16.8. The minimum Gasteiger partial charge on any atom is -0.495 e. The Morgan fingerprint density at radius 3 is 2.12 bits per heavy atom. The van der Waals surface area contributed by atoms with E-state index >= 15 is 0 Å². The van der Waals surface area contributed by atoms with Crippen LogP contribution < -0.4 is 19.1 Å². The molecule has 0 aliphatic carbocycles. The number of sulfonamides is 1. The van der Waals surface area contributed by atoms with Crippen molar-refractivity contribution in [3.05, 3.63) is 41.5 Å². The van der Waals surface area contributed by atoms with Crippen molar-refractivity contribution < 1.29 is 27.4 Å². The number of unbranched alkanes of at least 4 members (excludes halogenated alkanes) is 1. The molecule has 10 heteroatoms. The van der Waals surface area contributed by atoms with Gasteiger partial charge >= 0.3 is 0 Å². The third kappa shape index (κ3) is 6.17. The van der Waals surface area contributed by atoms with Gasteiger partial charge in [-0.25, -0.2) is 8.42 Å². The van der Waals surface area contributed by atoms with Crippen molar-refractivity contribution in [3.8, 4) is 17.2 Å². The van der Waals surface area contributed by atoms with Gasteiger partial charge in [-0.2, -0.15) is 4.31 Å². The van der Waals surface area contributed by atoms with E-state index in [1.165, 1.54) is 4.31 Å². The largest absolute Gasteiger partial charge is 0.495 e. The third-order valence-electron chi connectivity index (χ3n) is 8.15. The summed E-state index contributed by atoms with van der Waals surface area (Å²) in [5.74, 6) is 2.16. The molecular weight excluding hydrogens is 530 g/mol. The number of hydrogen-bond donors (Lipinski definition) is 0. The molecule has 2 aromatic carbocycles. The first kappa shape index (κ1) is 30.0. The van der Waals surface area contributed by atoms with Gasteiger partial charge in [-0.1, -0.05) is 26.7 Å². The van der Waals surface area contributed by atoms with Crippen LogP contribution in [0.15, 0.2) is 35.2 Å². The van der Waals surface area contributed by atoms with E-state index in [2.05, 4.69) is 18.7 Å². The highest BCUT2D eigenvalue weighted by molar-refractivity contribution is 7.89. The van der Waals surface area contributed by atoms with Crippen molar-refractivity contribution >= 4 is 21.6 Å². The fraction of sp³-hybridized carbons (Fsp3) is 0.567. The SMILES string of the molecule is CCCC[C@@H](CC)C(=O)N1CCN(c2cc(S(=O)(=O)N3CCc4cc(OC)c(OC)cc4C3)ccc2OC)CC1. The van der Waals surface area contributed by atoms with Gasteiger partial charge in [-0.05, 0) is 60.7 Å². The number of carbonyl (C=O) groups excluding carboxylic acids is 1. The molecule has 0 bridgehead atoms. The topological polar surface area (TPSA) is 88.6 Å². The van der Waals surface area contributed by atoms with Crippen LogP contribution in [-0.2, 0) is 27.8 Å². The lowest BCUT2D eigenvalue weighted by Crippen LogP contribution is -2.50. The highest BCUT2D eigenvalue weighted by Crippen LogP contribution is 2.37. The molecule has 0 aromatic heterocycles. The standard InChI is InChI=1S/C30H43N3O6S/c1-6-8-9-22(7-2)30(34)32-16-14-31(15-17-32)26-20-25(10-11-27(26)37-3)40(35,36)33-13-12-23-18-28(38-4)29(39-5)19-24(23)21-33/h10-11,18-20,22H,6-9,12-17,21H2,1-5H3/t22-/m1/s1. The lowest BCUT2D eigenvalue weighted by molar-refractivity contribution is -0.136. The van der Waals surface area contributed by atoms with E-state index in [9.17, 15) is 13.2 Å². The van der Waals surface area contributed by atoms with Gasteiger partial charge in [0.05, 0.1) is 31.9 Å². The molecule has 0 spiro atoms. The van der Waals surface area contributed by atoms with Crippen molar-refractivity contribution in [2.45, 2.75) is 57.4 Å². The Bertz CT molecular complexity index is 1290. The highest BCUT2D eigenvalue weighted by atomic mass is 32.2. The van der Waals surface area contributed by atoms with Crippen molar-refractivity contribution in [1.29, 1.82) is 0 Å². The van der Waals surface area contributed by atoms with Crippen molar-refractivity contribution in [2.24, 2.45) is 5.92 Å². The van der Waals surface area contributed by atoms with Crippen LogP contribution in [0.4, 0.5) is 5.69 Å². The quantitative estimate of drug-likeness (QED) is 0.396. The molecule has 220 valence electrons. The van der Waals surface area contributed by atoms with E-state index in [1.807, 2.05) is 17.0 Å². The maximum Gasteiger partial charge on any atom is 0.243 e. The zero-order valence-corrected chi connectivity index (χ0v) is 25.3. The van der Waals surface area contributed by atoms with E-state index < -0.39 is 10.0 Å². The Kier molecular flexibility index (Phi) is 9.84. The molecule has 2 heterocycles. The summed E-state index contributed by atoms with van der Waals surface area (Å²) in [6.45, 7) is 7.32. The van der Waals surface area contributed by atoms with Gasteiger partial charge < -0.3 is 24.0 Å². The average molecular weight is 574 g/mol. The molecule has 1 atom stereocenters. The molecular formula is C30H43N3O6S. The van der Waals surface area contributed by atoms with Gasteiger partial charge in [0.2, 0.25) is 15.9 Å². The maximum atomic E-state index is 13.8. The first-order valence-corrected chi connectivity index (χ1v) is 15.7. The first-order chi connectivity index (χ1) is 19.3. The van der Waals surface area contributed by atoms with Crippen LogP contribution in [0.3, 0.4) is 0 Å². The van der Waals surface area contributed by atoms with E-state index in [0.717, 1.165) is 42.5 Å². The zero-order chi connectivity index (χ0) is 28.9. The Hall–Kier alpha value is -2.98. The van der Waals surface area contributed by atoms with Crippen molar-refractivity contribution in [2.75, 3.05) is 59.0 Å². The molecule has 2 aliphatic rings. The van der Waals surface area contributed by atoms with Crippen LogP contribution in [0.1, 0.15) is 50.7 Å². The van der Waals surface area contributed by atoms with Crippen LogP contribution in [0, 0.1) is 5.92 Å². The van der Waals surface area contributed by atoms with Gasteiger partial charge in [0, 0.05) is 45.2 Å². The second kappa shape index (κ2) is 13.1. The Labute approximate surface area is 239 Å². The number of piperazine rings is 1. The number of nitrogens with zero attached hydrogens (tertiary/aromatic N) is 3. The second-order valence-electron chi connectivity index (χ2n) is 10.5. The van der Waals surface area contributed by atoms with Crippen LogP contribution in [0.25, 0.3) is 0 Å². The minimum atomic E-state index is -3.76. The van der Waals surface area contributed by atoms with Gasteiger partial charge in [0.15, 0.2) is 11.5 Å². The van der Waals surface area contributed by atoms with Crippen molar-refractivity contribution in [1.82, 2.24) is 9.21 Å². The predicted octanol–water partition coefficient (Wildman–Crippen LogP) is 4.32. The predicted molar refractivity (Wildman–Crippen MR) is 156 cm³/mol. The van der Waals surface area contributed by atoms with Gasteiger partial charge in [0.1, 0.15) is 5.75 Å². The fourth-order valence-corrected chi connectivity index (χ4v) is 7.11. The van der Waals surface area contributed by atoms with Crippen molar-refractivity contribution in [3.63, 3.8) is 0 Å². The maximum absolute atomic E-state index is 13.8. The fourth-order valence-electron chi connectivity index (χ4n) is 5.67. The van der Waals surface area contributed by atoms with Gasteiger partial charge in [-0.3, -0.25) is 4.79 Å². The van der Waals surface area contributed by atoms with Crippen LogP contribution in [-0.4, -0.2) is 77.6 Å². The molecule has 1 fully saturated rings. The summed E-state index contributed by atoms with van der Waals surface area (Å²) in [7, 11) is 1.00. The third-order valence-corrected chi connectivity index (χ3v) is 9.99. The molecule has 0 unspecified atom stereocenters. The molecule has 0 radical (unpaired) electrons. The molecule has 0 saturated carbocycles. The van der Waals surface area contributed by atoms with E-state index in [1.54, 1.807) is 39.5 Å². The molecule has 1 amide bonds. The van der Waals surface area contributed by atoms with E-state index in [0.29, 0.717) is 56.4 Å². The summed E-state index contributed by atoms with van der Waals surface area (Å²) in [6, 6.07) is 8.85. The molecule has 2 aromatic rings. The van der Waals surface area contributed by atoms with E-state index in [-0.39, 0.29) is 23.3 Å². The second-order valence-corrected chi connectivity index (χ2v) is 12.4. The number of amides is 1. The molecule has 0 N–H and O–H groups in total. The number of fused-ring (bicyclic) bond motifs is 1. The zero-order valence-electron chi connectivity index (χ0n) is 24.4.